The molecule has 0 aliphatic heterocycles. The van der Waals surface area contributed by atoms with Crippen LogP contribution in [0, 0.1) is 5.92 Å². The molecule has 0 fully saturated rings. The number of ether oxygens (including phenoxy) is 2. The Kier molecular flexibility index (Phi) is 8.44. The molecule has 4 heteroatoms. The van der Waals surface area contributed by atoms with E-state index in [1.165, 1.54) is 0 Å². The van der Waals surface area contributed by atoms with Crippen molar-refractivity contribution in [3.05, 3.63) is 0 Å². The van der Waals surface area contributed by atoms with Crippen LogP contribution in [0.2, 0.25) is 0 Å². The smallest absolute Gasteiger partial charge is 0.309 e. The fourth-order valence-corrected chi connectivity index (χ4v) is 1.77. The summed E-state index contributed by atoms with van der Waals surface area (Å²) in [5, 5.41) is 0. The Morgan fingerprint density at radius 1 is 1.11 bits per heavy atom. The van der Waals surface area contributed by atoms with Crippen LogP contribution in [0.1, 0.15) is 66.7 Å². The van der Waals surface area contributed by atoms with Crippen LogP contribution in [-0.2, 0) is 19.1 Å². The predicted octanol–water partition coefficient (Wildman–Crippen LogP) is 3.48. The quantitative estimate of drug-likeness (QED) is 0.501. The Morgan fingerprint density at radius 3 is 2.21 bits per heavy atom. The standard InChI is InChI=1S/C15H28O4/c1-6-12(14(17)19-15(3,4)5)10-8-9-11-13(16)18-7-2/h12H,6-11H2,1-5H3. The number of unbranched alkanes of at least 4 members (excludes halogenated alkanes) is 1. The molecule has 0 aromatic rings. The van der Waals surface area contributed by atoms with E-state index in [1.54, 1.807) is 6.92 Å². The third-order valence-electron chi connectivity index (χ3n) is 2.72. The SMILES string of the molecule is CCOC(=O)CCCCC(CC)C(=O)OC(C)(C)C. The number of carbonyl (C=O) groups excluding carboxylic acids is 2. The highest BCUT2D eigenvalue weighted by Crippen LogP contribution is 2.19. The van der Waals surface area contributed by atoms with Gasteiger partial charge in [0.15, 0.2) is 0 Å². The van der Waals surface area contributed by atoms with Crippen LogP contribution in [0.15, 0.2) is 0 Å². The maximum absolute atomic E-state index is 11.9. The van der Waals surface area contributed by atoms with Gasteiger partial charge < -0.3 is 9.47 Å². The maximum atomic E-state index is 11.9. The lowest BCUT2D eigenvalue weighted by Gasteiger charge is -2.23. The molecule has 0 rings (SSSR count). The van der Waals surface area contributed by atoms with E-state index in [-0.39, 0.29) is 17.9 Å². The zero-order valence-corrected chi connectivity index (χ0v) is 13.0. The summed E-state index contributed by atoms with van der Waals surface area (Å²) in [4.78, 5) is 23.1. The van der Waals surface area contributed by atoms with Gasteiger partial charge >= 0.3 is 11.9 Å². The molecule has 1 atom stereocenters. The maximum Gasteiger partial charge on any atom is 0.309 e. The third kappa shape index (κ3) is 9.51. The molecule has 4 nitrogen and oxygen atoms in total. The molecule has 0 heterocycles. The summed E-state index contributed by atoms with van der Waals surface area (Å²) in [5.74, 6) is -0.361. The Morgan fingerprint density at radius 2 is 1.74 bits per heavy atom. The fourth-order valence-electron chi connectivity index (χ4n) is 1.77. The molecule has 0 aromatic heterocycles. The zero-order chi connectivity index (χ0) is 14.9. The van der Waals surface area contributed by atoms with Gasteiger partial charge in [0.05, 0.1) is 12.5 Å². The first-order chi connectivity index (χ1) is 8.80. The summed E-state index contributed by atoms with van der Waals surface area (Å²) in [6.07, 6.45) is 3.58. The number of esters is 2. The van der Waals surface area contributed by atoms with E-state index < -0.39 is 5.60 Å². The monoisotopic (exact) mass is 272 g/mol. The molecule has 0 radical (unpaired) electrons. The molecule has 0 saturated carbocycles. The summed E-state index contributed by atoms with van der Waals surface area (Å²) in [6, 6.07) is 0. The van der Waals surface area contributed by atoms with Gasteiger partial charge in [-0.15, -0.1) is 0 Å². The molecule has 0 spiro atoms. The highest BCUT2D eigenvalue weighted by atomic mass is 16.6. The minimum Gasteiger partial charge on any atom is -0.466 e. The van der Waals surface area contributed by atoms with Crippen LogP contribution in [0.4, 0.5) is 0 Å². The molecule has 0 aliphatic carbocycles. The lowest BCUT2D eigenvalue weighted by atomic mass is 9.98. The van der Waals surface area contributed by atoms with Crippen molar-refractivity contribution in [2.75, 3.05) is 6.61 Å². The molecule has 0 aliphatic rings. The summed E-state index contributed by atoms with van der Waals surface area (Å²) in [7, 11) is 0. The van der Waals surface area contributed by atoms with E-state index >= 15 is 0 Å². The molecule has 0 aromatic carbocycles. The predicted molar refractivity (Wildman–Crippen MR) is 74.7 cm³/mol. The van der Waals surface area contributed by atoms with Crippen molar-refractivity contribution in [2.24, 2.45) is 5.92 Å². The van der Waals surface area contributed by atoms with Crippen LogP contribution in [0.5, 0.6) is 0 Å². The van der Waals surface area contributed by atoms with Crippen LogP contribution >= 0.6 is 0 Å². The second-order valence-corrected chi connectivity index (χ2v) is 5.69. The molecule has 0 bridgehead atoms. The van der Waals surface area contributed by atoms with Crippen LogP contribution in [-0.4, -0.2) is 24.1 Å². The van der Waals surface area contributed by atoms with Gasteiger partial charge in [-0.3, -0.25) is 9.59 Å². The highest BCUT2D eigenvalue weighted by Gasteiger charge is 2.23. The third-order valence-corrected chi connectivity index (χ3v) is 2.72. The first-order valence-electron chi connectivity index (χ1n) is 7.18. The van der Waals surface area contributed by atoms with Gasteiger partial charge in [-0.05, 0) is 47.0 Å². The summed E-state index contributed by atoms with van der Waals surface area (Å²) in [6.45, 7) is 9.83. The first-order valence-corrected chi connectivity index (χ1v) is 7.18. The van der Waals surface area contributed by atoms with Crippen LogP contribution < -0.4 is 0 Å². The molecule has 19 heavy (non-hydrogen) atoms. The van der Waals surface area contributed by atoms with E-state index in [0.29, 0.717) is 13.0 Å². The van der Waals surface area contributed by atoms with Crippen molar-refractivity contribution in [2.45, 2.75) is 72.3 Å². The average molecular weight is 272 g/mol. The van der Waals surface area contributed by atoms with Crippen molar-refractivity contribution in [3.63, 3.8) is 0 Å². The van der Waals surface area contributed by atoms with E-state index in [0.717, 1.165) is 25.7 Å². The Labute approximate surface area is 116 Å². The summed E-state index contributed by atoms with van der Waals surface area (Å²) >= 11 is 0. The Balaban J connectivity index is 3.94. The molecule has 0 amide bonds. The second-order valence-electron chi connectivity index (χ2n) is 5.69. The van der Waals surface area contributed by atoms with Gasteiger partial charge in [0.1, 0.15) is 5.60 Å². The minimum absolute atomic E-state index is 0.0681. The number of hydrogen-bond donors (Lipinski definition) is 0. The van der Waals surface area contributed by atoms with Crippen molar-refractivity contribution in [1.29, 1.82) is 0 Å². The van der Waals surface area contributed by atoms with Gasteiger partial charge in [0, 0.05) is 6.42 Å². The molecule has 0 saturated heterocycles. The number of rotatable bonds is 8. The zero-order valence-electron chi connectivity index (χ0n) is 13.0. The lowest BCUT2D eigenvalue weighted by molar-refractivity contribution is -0.160. The Hall–Kier alpha value is -1.06. The van der Waals surface area contributed by atoms with Gasteiger partial charge in [-0.25, -0.2) is 0 Å². The summed E-state index contributed by atoms with van der Waals surface area (Å²) < 4.78 is 10.2. The number of carbonyl (C=O) groups is 2. The summed E-state index contributed by atoms with van der Waals surface area (Å²) in [5.41, 5.74) is -0.435. The lowest BCUT2D eigenvalue weighted by Crippen LogP contribution is -2.28. The van der Waals surface area contributed by atoms with E-state index in [9.17, 15) is 9.59 Å². The van der Waals surface area contributed by atoms with Gasteiger partial charge in [-0.1, -0.05) is 13.3 Å². The largest absolute Gasteiger partial charge is 0.466 e. The molecule has 1 unspecified atom stereocenters. The van der Waals surface area contributed by atoms with Gasteiger partial charge in [0.2, 0.25) is 0 Å². The van der Waals surface area contributed by atoms with Crippen molar-refractivity contribution < 1.29 is 19.1 Å². The highest BCUT2D eigenvalue weighted by molar-refractivity contribution is 5.72. The van der Waals surface area contributed by atoms with Crippen molar-refractivity contribution in [3.8, 4) is 0 Å². The van der Waals surface area contributed by atoms with E-state index in [1.807, 2.05) is 27.7 Å². The van der Waals surface area contributed by atoms with Crippen LogP contribution in [0.3, 0.4) is 0 Å². The van der Waals surface area contributed by atoms with Crippen molar-refractivity contribution >= 4 is 11.9 Å². The molecule has 112 valence electrons. The van der Waals surface area contributed by atoms with Crippen molar-refractivity contribution in [1.82, 2.24) is 0 Å². The van der Waals surface area contributed by atoms with Gasteiger partial charge in [-0.2, -0.15) is 0 Å². The normalized spacial score (nSPS) is 12.9. The molecular weight excluding hydrogens is 244 g/mol. The van der Waals surface area contributed by atoms with E-state index in [2.05, 4.69) is 0 Å². The Bertz CT molecular complexity index is 278. The second kappa shape index (κ2) is 8.94. The molecule has 0 N–H and O–H groups in total. The first kappa shape index (κ1) is 17.9. The van der Waals surface area contributed by atoms with E-state index in [4.69, 9.17) is 9.47 Å². The van der Waals surface area contributed by atoms with Crippen LogP contribution in [0.25, 0.3) is 0 Å². The topological polar surface area (TPSA) is 52.6 Å². The minimum atomic E-state index is -0.435. The van der Waals surface area contributed by atoms with Gasteiger partial charge in [0.25, 0.3) is 0 Å². The average Bonchev–Trinajstić information content (AvgIpc) is 2.27. The number of hydrogen-bond acceptors (Lipinski definition) is 4. The fraction of sp³-hybridized carbons (Fsp3) is 0.867. The molecular formula is C15H28O4.